The molecule has 1 fully saturated rings. The zero-order chi connectivity index (χ0) is 21.2. The molecule has 2 aromatic rings. The van der Waals surface area contributed by atoms with Crippen molar-refractivity contribution in [1.82, 2.24) is 4.90 Å². The molecule has 1 heterocycles. The van der Waals surface area contributed by atoms with Crippen molar-refractivity contribution in [3.63, 3.8) is 0 Å². The van der Waals surface area contributed by atoms with Crippen molar-refractivity contribution in [2.24, 2.45) is 5.92 Å². The average Bonchev–Trinajstić information content (AvgIpc) is 2.69. The fourth-order valence-corrected chi connectivity index (χ4v) is 6.11. The molecule has 0 bridgehead atoms. The van der Waals surface area contributed by atoms with Crippen molar-refractivity contribution in [2.45, 2.75) is 31.9 Å². The highest BCUT2D eigenvalue weighted by molar-refractivity contribution is 7.92. The molecule has 0 aromatic heterocycles. The number of carbonyl (C=O) groups is 1. The first kappa shape index (κ1) is 22.1. The van der Waals surface area contributed by atoms with E-state index in [0.717, 1.165) is 11.1 Å². The quantitative estimate of drug-likeness (QED) is 0.613. The molecule has 3 rings (SSSR count). The van der Waals surface area contributed by atoms with Gasteiger partial charge in [-0.3, -0.25) is 4.79 Å². The summed E-state index contributed by atoms with van der Waals surface area (Å²) in [6.45, 7) is 4.76. The smallest absolute Gasteiger partial charge is 0.253 e. The van der Waals surface area contributed by atoms with Gasteiger partial charge in [-0.05, 0) is 54.2 Å². The number of rotatable bonds is 5. The van der Waals surface area contributed by atoms with Crippen molar-refractivity contribution >= 4 is 38.9 Å². The molecule has 0 N–H and O–H groups in total. The van der Waals surface area contributed by atoms with Crippen LogP contribution in [0.15, 0.2) is 42.5 Å². The molecule has 156 valence electrons. The van der Waals surface area contributed by atoms with E-state index in [-0.39, 0.29) is 22.8 Å². The van der Waals surface area contributed by atoms with Gasteiger partial charge in [0.25, 0.3) is 5.91 Å². The molecular weight excluding hydrogens is 429 g/mol. The SMILES string of the molecule is CC(C)CS(=O)(=O)C1CCN(C(=O)c2ccc(-c3ccc(Cl)c(Cl)c3)cc2)CC1. The molecule has 4 nitrogen and oxygen atoms in total. The average molecular weight is 454 g/mol. The van der Waals surface area contributed by atoms with Gasteiger partial charge in [-0.2, -0.15) is 0 Å². The predicted octanol–water partition coefficient (Wildman–Crippen LogP) is 5.34. The van der Waals surface area contributed by atoms with Crippen LogP contribution in [0.5, 0.6) is 0 Å². The summed E-state index contributed by atoms with van der Waals surface area (Å²) in [7, 11) is -3.10. The van der Waals surface area contributed by atoms with Gasteiger partial charge in [-0.15, -0.1) is 0 Å². The molecule has 1 aliphatic heterocycles. The second kappa shape index (κ2) is 9.07. The van der Waals surface area contributed by atoms with Gasteiger partial charge in [0.1, 0.15) is 0 Å². The third kappa shape index (κ3) is 5.33. The normalized spacial score (nSPS) is 15.7. The van der Waals surface area contributed by atoms with E-state index < -0.39 is 9.84 Å². The largest absolute Gasteiger partial charge is 0.339 e. The molecule has 0 unspecified atom stereocenters. The molecule has 0 atom stereocenters. The standard InChI is InChI=1S/C22H25Cl2NO3S/c1-15(2)14-29(27,28)19-9-11-25(12-10-19)22(26)17-5-3-16(4-6-17)18-7-8-20(23)21(24)13-18/h3-8,13,15,19H,9-12,14H2,1-2H3. The van der Waals surface area contributed by atoms with E-state index in [4.69, 9.17) is 23.2 Å². The number of halogens is 2. The van der Waals surface area contributed by atoms with Crippen molar-refractivity contribution in [2.75, 3.05) is 18.8 Å². The third-order valence-electron chi connectivity index (χ3n) is 5.19. The number of carbonyl (C=O) groups excluding carboxylic acids is 1. The Bertz CT molecular complexity index is 980. The first-order chi connectivity index (χ1) is 13.7. The van der Waals surface area contributed by atoms with Crippen LogP contribution in [0.3, 0.4) is 0 Å². The van der Waals surface area contributed by atoms with Crippen molar-refractivity contribution in [3.05, 3.63) is 58.1 Å². The molecule has 2 aromatic carbocycles. The predicted molar refractivity (Wildman–Crippen MR) is 119 cm³/mol. The summed E-state index contributed by atoms with van der Waals surface area (Å²) in [6.07, 6.45) is 1.00. The lowest BCUT2D eigenvalue weighted by Crippen LogP contribution is -2.43. The molecule has 0 saturated carbocycles. The molecule has 0 aliphatic carbocycles. The van der Waals surface area contributed by atoms with Crippen LogP contribution >= 0.6 is 23.2 Å². The van der Waals surface area contributed by atoms with Crippen LogP contribution in [0, 0.1) is 5.92 Å². The van der Waals surface area contributed by atoms with Gasteiger partial charge >= 0.3 is 0 Å². The Kier molecular flexibility index (Phi) is 6.92. The number of hydrogen-bond donors (Lipinski definition) is 0. The Morgan fingerprint density at radius 1 is 1.00 bits per heavy atom. The Morgan fingerprint density at radius 2 is 1.59 bits per heavy atom. The van der Waals surface area contributed by atoms with Crippen LogP contribution in [0.1, 0.15) is 37.0 Å². The highest BCUT2D eigenvalue weighted by atomic mass is 35.5. The van der Waals surface area contributed by atoms with Crippen molar-refractivity contribution in [3.8, 4) is 11.1 Å². The third-order valence-corrected chi connectivity index (χ3v) is 8.54. The summed E-state index contributed by atoms with van der Waals surface area (Å²) in [4.78, 5) is 14.6. The summed E-state index contributed by atoms with van der Waals surface area (Å²) < 4.78 is 24.9. The molecule has 29 heavy (non-hydrogen) atoms. The van der Waals surface area contributed by atoms with Crippen LogP contribution in [0.2, 0.25) is 10.0 Å². The molecule has 0 radical (unpaired) electrons. The number of benzene rings is 2. The maximum atomic E-state index is 12.8. The number of nitrogens with zero attached hydrogens (tertiary/aromatic N) is 1. The second-order valence-corrected chi connectivity index (χ2v) is 11.1. The fourth-order valence-electron chi connectivity index (χ4n) is 3.68. The lowest BCUT2D eigenvalue weighted by molar-refractivity contribution is 0.0725. The number of amides is 1. The van der Waals surface area contributed by atoms with E-state index in [1.165, 1.54) is 0 Å². The topological polar surface area (TPSA) is 54.5 Å². The van der Waals surface area contributed by atoms with Gasteiger partial charge in [0.05, 0.1) is 21.0 Å². The summed E-state index contributed by atoms with van der Waals surface area (Å²) in [5.41, 5.74) is 2.46. The van der Waals surface area contributed by atoms with Gasteiger partial charge < -0.3 is 4.90 Å². The van der Waals surface area contributed by atoms with E-state index >= 15 is 0 Å². The second-order valence-electron chi connectivity index (χ2n) is 7.92. The highest BCUT2D eigenvalue weighted by Crippen LogP contribution is 2.29. The Labute approximate surface area is 182 Å². The van der Waals surface area contributed by atoms with Gasteiger partial charge in [-0.1, -0.05) is 55.2 Å². The lowest BCUT2D eigenvalue weighted by atomic mass is 10.0. The van der Waals surface area contributed by atoms with Gasteiger partial charge in [0.2, 0.25) is 0 Å². The number of hydrogen-bond acceptors (Lipinski definition) is 3. The highest BCUT2D eigenvalue weighted by Gasteiger charge is 2.32. The Morgan fingerprint density at radius 3 is 2.14 bits per heavy atom. The maximum Gasteiger partial charge on any atom is 0.253 e. The van der Waals surface area contributed by atoms with Crippen LogP contribution < -0.4 is 0 Å². The Balaban J connectivity index is 1.65. The Hall–Kier alpha value is -1.56. The molecule has 1 aliphatic rings. The van der Waals surface area contributed by atoms with Gasteiger partial charge in [0.15, 0.2) is 9.84 Å². The molecule has 0 spiro atoms. The summed E-state index contributed by atoms with van der Waals surface area (Å²) in [5, 5.41) is 0.645. The fraction of sp³-hybridized carbons (Fsp3) is 0.409. The monoisotopic (exact) mass is 453 g/mol. The minimum absolute atomic E-state index is 0.0644. The van der Waals surface area contributed by atoms with E-state index in [0.29, 0.717) is 41.5 Å². The zero-order valence-electron chi connectivity index (χ0n) is 16.6. The van der Waals surface area contributed by atoms with Crippen molar-refractivity contribution < 1.29 is 13.2 Å². The zero-order valence-corrected chi connectivity index (χ0v) is 18.9. The van der Waals surface area contributed by atoms with Crippen LogP contribution in [0.25, 0.3) is 11.1 Å². The minimum atomic E-state index is -3.10. The van der Waals surface area contributed by atoms with Crippen molar-refractivity contribution in [1.29, 1.82) is 0 Å². The van der Waals surface area contributed by atoms with E-state index in [1.54, 1.807) is 29.2 Å². The minimum Gasteiger partial charge on any atom is -0.339 e. The van der Waals surface area contributed by atoms with Crippen LogP contribution in [0.4, 0.5) is 0 Å². The molecule has 7 heteroatoms. The maximum absolute atomic E-state index is 12.8. The summed E-state index contributed by atoms with van der Waals surface area (Å²) in [6, 6.07) is 12.8. The molecule has 1 amide bonds. The van der Waals surface area contributed by atoms with Crippen LogP contribution in [-0.2, 0) is 9.84 Å². The van der Waals surface area contributed by atoms with Crippen LogP contribution in [-0.4, -0.2) is 43.3 Å². The van der Waals surface area contributed by atoms with E-state index in [2.05, 4.69) is 0 Å². The lowest BCUT2D eigenvalue weighted by Gasteiger charge is -2.32. The number of piperidine rings is 1. The first-order valence-corrected chi connectivity index (χ1v) is 12.2. The van der Waals surface area contributed by atoms with Gasteiger partial charge in [0, 0.05) is 18.7 Å². The number of likely N-dealkylation sites (tertiary alicyclic amines) is 1. The van der Waals surface area contributed by atoms with E-state index in [9.17, 15) is 13.2 Å². The molecule has 1 saturated heterocycles. The van der Waals surface area contributed by atoms with E-state index in [1.807, 2.05) is 32.0 Å². The molecular formula is C22H25Cl2NO3S. The van der Waals surface area contributed by atoms with Gasteiger partial charge in [-0.25, -0.2) is 8.42 Å². The summed E-state index contributed by atoms with van der Waals surface area (Å²) in [5.74, 6) is 0.265. The summed E-state index contributed by atoms with van der Waals surface area (Å²) >= 11 is 12.0. The first-order valence-electron chi connectivity index (χ1n) is 9.73. The number of sulfone groups is 1.